The van der Waals surface area contributed by atoms with Gasteiger partial charge in [-0.2, -0.15) is 0 Å². The summed E-state index contributed by atoms with van der Waals surface area (Å²) in [6.07, 6.45) is -0.545. The van der Waals surface area contributed by atoms with Crippen LogP contribution in [-0.4, -0.2) is 11.2 Å². The van der Waals surface area contributed by atoms with Crippen LogP contribution in [0.1, 0.15) is 20.8 Å². The van der Waals surface area contributed by atoms with Crippen LogP contribution in [0.5, 0.6) is 0 Å². The van der Waals surface area contributed by atoms with Crippen LogP contribution in [0.25, 0.3) is 0 Å². The Hall–Kier alpha value is 0. The first kappa shape index (κ1) is 9.00. The smallest absolute Gasteiger partial charge is 0.120 e. The Bertz CT molecular complexity index is 135. The van der Waals surface area contributed by atoms with Crippen molar-refractivity contribution in [3.8, 4) is 10.8 Å². The highest BCUT2D eigenvalue weighted by Gasteiger charge is 2.19. The van der Waals surface area contributed by atoms with Crippen molar-refractivity contribution in [2.24, 2.45) is 5.41 Å². The molecular weight excluding hydrogens is 180 g/mol. The summed E-state index contributed by atoms with van der Waals surface area (Å²) >= 11 is 2.92. The van der Waals surface area contributed by atoms with Crippen molar-refractivity contribution in [3.05, 3.63) is 0 Å². The van der Waals surface area contributed by atoms with Gasteiger partial charge in [-0.05, 0) is 10.2 Å². The molecule has 0 aliphatic carbocycles. The fourth-order valence-electron chi connectivity index (χ4n) is 0.268. The molecule has 0 aliphatic rings. The van der Waals surface area contributed by atoms with Gasteiger partial charge in [-0.15, -0.1) is 0 Å². The molecule has 0 fully saturated rings. The molecule has 52 valence electrons. The minimum Gasteiger partial charge on any atom is -0.380 e. The fraction of sp³-hybridized carbons (Fsp3) is 0.714. The van der Waals surface area contributed by atoms with Gasteiger partial charge >= 0.3 is 0 Å². The maximum absolute atomic E-state index is 9.18. The molecule has 0 rings (SSSR count). The zero-order valence-electron chi connectivity index (χ0n) is 5.90. The lowest BCUT2D eigenvalue weighted by Crippen LogP contribution is -2.23. The van der Waals surface area contributed by atoms with E-state index in [1.165, 1.54) is 0 Å². The van der Waals surface area contributed by atoms with Gasteiger partial charge in [-0.3, -0.25) is 0 Å². The SMILES string of the molecule is CC(C)(C)C(O)C#CBr. The van der Waals surface area contributed by atoms with E-state index in [0.717, 1.165) is 0 Å². The van der Waals surface area contributed by atoms with Crippen LogP contribution in [0, 0.1) is 16.2 Å². The zero-order chi connectivity index (χ0) is 7.49. The van der Waals surface area contributed by atoms with Crippen LogP contribution in [0.4, 0.5) is 0 Å². The number of rotatable bonds is 0. The largest absolute Gasteiger partial charge is 0.380 e. The van der Waals surface area contributed by atoms with Gasteiger partial charge in [0.15, 0.2) is 0 Å². The van der Waals surface area contributed by atoms with E-state index in [4.69, 9.17) is 0 Å². The van der Waals surface area contributed by atoms with Gasteiger partial charge in [-0.1, -0.05) is 26.7 Å². The second-order valence-corrected chi connectivity index (χ2v) is 3.40. The first-order chi connectivity index (χ1) is 3.98. The third-order valence-corrected chi connectivity index (χ3v) is 1.24. The molecule has 0 heterocycles. The Morgan fingerprint density at radius 1 is 1.44 bits per heavy atom. The molecule has 0 saturated carbocycles. The molecule has 0 aromatic carbocycles. The first-order valence-corrected chi connectivity index (χ1v) is 3.57. The number of aliphatic hydroxyl groups excluding tert-OH is 1. The van der Waals surface area contributed by atoms with Crippen LogP contribution < -0.4 is 0 Å². The molecule has 0 radical (unpaired) electrons. The van der Waals surface area contributed by atoms with Crippen LogP contribution in [-0.2, 0) is 0 Å². The number of hydrogen-bond donors (Lipinski definition) is 1. The molecule has 1 unspecified atom stereocenters. The lowest BCUT2D eigenvalue weighted by molar-refractivity contribution is 0.114. The van der Waals surface area contributed by atoms with Gasteiger partial charge in [-0.25, -0.2) is 0 Å². The van der Waals surface area contributed by atoms with E-state index in [9.17, 15) is 5.11 Å². The van der Waals surface area contributed by atoms with Gasteiger partial charge in [0.2, 0.25) is 0 Å². The summed E-state index contributed by atoms with van der Waals surface area (Å²) in [5, 5.41) is 9.18. The zero-order valence-corrected chi connectivity index (χ0v) is 7.49. The number of aliphatic hydroxyl groups is 1. The predicted molar refractivity (Wildman–Crippen MR) is 42.2 cm³/mol. The standard InChI is InChI=1S/C7H11BrO/c1-7(2,3)6(9)4-5-8/h6,9H,1-3H3. The molecule has 1 atom stereocenters. The molecule has 9 heavy (non-hydrogen) atoms. The molecule has 0 bridgehead atoms. The van der Waals surface area contributed by atoms with E-state index in [2.05, 4.69) is 26.7 Å². The monoisotopic (exact) mass is 190 g/mol. The predicted octanol–water partition coefficient (Wildman–Crippen LogP) is 1.75. The quantitative estimate of drug-likeness (QED) is 0.578. The number of hydrogen-bond acceptors (Lipinski definition) is 1. The van der Waals surface area contributed by atoms with Crippen molar-refractivity contribution in [3.63, 3.8) is 0 Å². The molecule has 0 saturated heterocycles. The Kier molecular flexibility index (Phi) is 3.24. The first-order valence-electron chi connectivity index (χ1n) is 2.77. The maximum Gasteiger partial charge on any atom is 0.120 e. The molecular formula is C7H11BrO. The molecule has 0 spiro atoms. The highest BCUT2D eigenvalue weighted by molar-refractivity contribution is 9.12. The van der Waals surface area contributed by atoms with Gasteiger partial charge in [0.05, 0.1) is 0 Å². The van der Waals surface area contributed by atoms with Crippen LogP contribution in [0.15, 0.2) is 0 Å². The summed E-state index contributed by atoms with van der Waals surface area (Å²) in [5.41, 5.74) is -0.138. The third kappa shape index (κ3) is 3.56. The van der Waals surface area contributed by atoms with E-state index in [0.29, 0.717) is 0 Å². The molecule has 0 aromatic heterocycles. The minimum absolute atomic E-state index is 0.138. The summed E-state index contributed by atoms with van der Waals surface area (Å²) < 4.78 is 0. The van der Waals surface area contributed by atoms with Crippen molar-refractivity contribution in [1.29, 1.82) is 0 Å². The highest BCUT2D eigenvalue weighted by atomic mass is 79.9. The van der Waals surface area contributed by atoms with E-state index >= 15 is 0 Å². The third-order valence-electron chi connectivity index (χ3n) is 1.01. The number of halogens is 1. The lowest BCUT2D eigenvalue weighted by atomic mass is 9.90. The Labute approximate surface area is 64.6 Å². The van der Waals surface area contributed by atoms with Crippen molar-refractivity contribution in [2.45, 2.75) is 26.9 Å². The van der Waals surface area contributed by atoms with Crippen LogP contribution in [0.3, 0.4) is 0 Å². The van der Waals surface area contributed by atoms with E-state index < -0.39 is 6.10 Å². The topological polar surface area (TPSA) is 20.2 Å². The highest BCUT2D eigenvalue weighted by Crippen LogP contribution is 2.17. The maximum atomic E-state index is 9.18. The Morgan fingerprint density at radius 2 is 1.89 bits per heavy atom. The second kappa shape index (κ2) is 3.24. The van der Waals surface area contributed by atoms with Crippen molar-refractivity contribution >= 4 is 15.9 Å². The average Bonchev–Trinajstić information content (AvgIpc) is 1.64. The van der Waals surface area contributed by atoms with Crippen LogP contribution in [0.2, 0.25) is 0 Å². The summed E-state index contributed by atoms with van der Waals surface area (Å²) in [7, 11) is 0. The van der Waals surface area contributed by atoms with Gasteiger partial charge in [0.25, 0.3) is 0 Å². The lowest BCUT2D eigenvalue weighted by Gasteiger charge is -2.20. The molecule has 0 amide bonds. The Morgan fingerprint density at radius 3 is 2.00 bits per heavy atom. The van der Waals surface area contributed by atoms with Gasteiger partial charge in [0.1, 0.15) is 6.10 Å². The van der Waals surface area contributed by atoms with E-state index in [1.54, 1.807) is 0 Å². The van der Waals surface area contributed by atoms with Crippen LogP contribution >= 0.6 is 15.9 Å². The van der Waals surface area contributed by atoms with E-state index in [-0.39, 0.29) is 5.41 Å². The minimum atomic E-state index is -0.545. The summed E-state index contributed by atoms with van der Waals surface area (Å²) in [4.78, 5) is 2.49. The molecule has 1 N–H and O–H groups in total. The molecule has 1 nitrogen and oxygen atoms in total. The normalized spacial score (nSPS) is 13.9. The fourth-order valence-corrected chi connectivity index (χ4v) is 0.485. The van der Waals surface area contributed by atoms with Gasteiger partial charge in [0, 0.05) is 15.9 Å². The average molecular weight is 191 g/mol. The summed E-state index contributed by atoms with van der Waals surface area (Å²) in [5.74, 6) is 2.61. The van der Waals surface area contributed by atoms with Crippen molar-refractivity contribution in [2.75, 3.05) is 0 Å². The van der Waals surface area contributed by atoms with Crippen molar-refractivity contribution < 1.29 is 5.11 Å². The van der Waals surface area contributed by atoms with Crippen molar-refractivity contribution in [1.82, 2.24) is 0 Å². The Balaban J connectivity index is 3.99. The van der Waals surface area contributed by atoms with E-state index in [1.807, 2.05) is 20.8 Å². The summed E-state index contributed by atoms with van der Waals surface area (Å²) in [6, 6.07) is 0. The second-order valence-electron chi connectivity index (χ2n) is 3.01. The molecule has 0 aromatic rings. The molecule has 0 aliphatic heterocycles. The summed E-state index contributed by atoms with van der Waals surface area (Å²) in [6.45, 7) is 5.82. The molecule has 2 heteroatoms. The van der Waals surface area contributed by atoms with Gasteiger partial charge < -0.3 is 5.11 Å².